The maximum atomic E-state index is 11.2. The summed E-state index contributed by atoms with van der Waals surface area (Å²) in [6.07, 6.45) is 1.02. The molecule has 0 saturated heterocycles. The van der Waals surface area contributed by atoms with Crippen LogP contribution in [-0.4, -0.2) is 17.9 Å². The molecule has 0 atom stereocenters. The zero-order valence-corrected chi connectivity index (χ0v) is 10.5. The Hall–Kier alpha value is -2.50. The van der Waals surface area contributed by atoms with Crippen molar-refractivity contribution in [1.82, 2.24) is 5.16 Å². The number of nitrogens with zero attached hydrogens (tertiary/aromatic N) is 1. The van der Waals surface area contributed by atoms with Crippen molar-refractivity contribution in [3.63, 3.8) is 0 Å². The van der Waals surface area contributed by atoms with Crippen LogP contribution in [-0.2, 0) is 11.3 Å². The molecule has 1 heterocycles. The average Bonchev–Trinajstić information content (AvgIpc) is 2.91. The summed E-state index contributed by atoms with van der Waals surface area (Å²) in [6.45, 7) is 2.42. The molecule has 6 nitrogen and oxygen atoms in total. The average molecular weight is 262 g/mol. The van der Waals surface area contributed by atoms with Gasteiger partial charge in [0.15, 0.2) is 0 Å². The Kier molecular flexibility index (Phi) is 4.39. The fourth-order valence-electron chi connectivity index (χ4n) is 1.39. The highest BCUT2D eigenvalue weighted by Gasteiger charge is 2.02. The van der Waals surface area contributed by atoms with Crippen LogP contribution >= 0.6 is 0 Å². The first kappa shape index (κ1) is 12.9. The van der Waals surface area contributed by atoms with Gasteiger partial charge in [-0.2, -0.15) is 0 Å². The maximum absolute atomic E-state index is 11.2. The molecule has 1 aromatic heterocycles. The zero-order chi connectivity index (χ0) is 13.5. The van der Waals surface area contributed by atoms with E-state index in [0.717, 1.165) is 0 Å². The van der Waals surface area contributed by atoms with Crippen LogP contribution in [0.2, 0.25) is 0 Å². The summed E-state index contributed by atoms with van der Waals surface area (Å²) in [4.78, 5) is 11.2. The lowest BCUT2D eigenvalue weighted by Crippen LogP contribution is -2.13. The van der Waals surface area contributed by atoms with Crippen molar-refractivity contribution < 1.29 is 18.8 Å². The van der Waals surface area contributed by atoms with Crippen LogP contribution in [0.4, 0.5) is 10.5 Å². The van der Waals surface area contributed by atoms with Crippen molar-refractivity contribution in [2.24, 2.45) is 0 Å². The molecule has 0 aliphatic heterocycles. The van der Waals surface area contributed by atoms with Gasteiger partial charge in [-0.3, -0.25) is 5.32 Å². The largest absolute Gasteiger partial charge is 0.487 e. The fourth-order valence-corrected chi connectivity index (χ4v) is 1.39. The van der Waals surface area contributed by atoms with E-state index in [9.17, 15) is 4.79 Å². The van der Waals surface area contributed by atoms with Gasteiger partial charge in [0.05, 0.1) is 6.61 Å². The third kappa shape index (κ3) is 4.02. The first-order chi connectivity index (χ1) is 9.28. The number of amides is 1. The van der Waals surface area contributed by atoms with Crippen molar-refractivity contribution in [1.29, 1.82) is 0 Å². The summed E-state index contributed by atoms with van der Waals surface area (Å²) in [7, 11) is 0. The third-order valence-corrected chi connectivity index (χ3v) is 2.25. The zero-order valence-electron chi connectivity index (χ0n) is 10.5. The molecule has 1 amide bonds. The Morgan fingerprint density at radius 1 is 1.32 bits per heavy atom. The van der Waals surface area contributed by atoms with Gasteiger partial charge in [-0.05, 0) is 31.2 Å². The minimum atomic E-state index is -0.473. The van der Waals surface area contributed by atoms with E-state index in [4.69, 9.17) is 14.0 Å². The smallest absolute Gasteiger partial charge is 0.411 e. The standard InChI is InChI=1S/C13H14N2O4/c1-2-17-13(16)14-10-3-5-12(6-4-10)18-9-11-7-8-19-15-11/h3-8H,2,9H2,1H3,(H,14,16). The molecule has 1 N–H and O–H groups in total. The first-order valence-electron chi connectivity index (χ1n) is 5.84. The van der Waals surface area contributed by atoms with Crippen molar-refractivity contribution in [2.75, 3.05) is 11.9 Å². The molecule has 0 unspecified atom stereocenters. The highest BCUT2D eigenvalue weighted by Crippen LogP contribution is 2.16. The monoisotopic (exact) mass is 262 g/mol. The van der Waals surface area contributed by atoms with Crippen LogP contribution in [0, 0.1) is 0 Å². The summed E-state index contributed by atoms with van der Waals surface area (Å²) < 4.78 is 15.0. The van der Waals surface area contributed by atoms with Crippen LogP contribution in [0.3, 0.4) is 0 Å². The molecule has 0 radical (unpaired) electrons. The third-order valence-electron chi connectivity index (χ3n) is 2.25. The number of hydrogen-bond acceptors (Lipinski definition) is 5. The van der Waals surface area contributed by atoms with Crippen molar-refractivity contribution in [2.45, 2.75) is 13.5 Å². The van der Waals surface area contributed by atoms with Gasteiger partial charge >= 0.3 is 6.09 Å². The van der Waals surface area contributed by atoms with Gasteiger partial charge in [-0.15, -0.1) is 0 Å². The van der Waals surface area contributed by atoms with Gasteiger partial charge in [0.25, 0.3) is 0 Å². The van der Waals surface area contributed by atoms with Crippen LogP contribution < -0.4 is 10.1 Å². The van der Waals surface area contributed by atoms with Crippen LogP contribution in [0.1, 0.15) is 12.6 Å². The van der Waals surface area contributed by atoms with Crippen LogP contribution in [0.15, 0.2) is 41.1 Å². The molecule has 2 aromatic rings. The van der Waals surface area contributed by atoms with E-state index < -0.39 is 6.09 Å². The van der Waals surface area contributed by atoms with Gasteiger partial charge in [0.2, 0.25) is 0 Å². The first-order valence-corrected chi connectivity index (χ1v) is 5.84. The molecular formula is C13H14N2O4. The van der Waals surface area contributed by atoms with E-state index in [2.05, 4.69) is 10.5 Å². The van der Waals surface area contributed by atoms with E-state index in [-0.39, 0.29) is 0 Å². The maximum Gasteiger partial charge on any atom is 0.411 e. The number of hydrogen-bond donors (Lipinski definition) is 1. The second kappa shape index (κ2) is 6.44. The van der Waals surface area contributed by atoms with E-state index in [1.165, 1.54) is 6.26 Å². The molecule has 6 heteroatoms. The Morgan fingerprint density at radius 2 is 2.11 bits per heavy atom. The number of ether oxygens (including phenoxy) is 2. The molecule has 100 valence electrons. The number of rotatable bonds is 5. The van der Waals surface area contributed by atoms with Crippen molar-refractivity contribution >= 4 is 11.8 Å². The number of anilines is 1. The molecule has 2 rings (SSSR count). The summed E-state index contributed by atoms with van der Waals surface area (Å²) in [6, 6.07) is 8.70. The van der Waals surface area contributed by atoms with Crippen LogP contribution in [0.5, 0.6) is 5.75 Å². The topological polar surface area (TPSA) is 73.6 Å². The van der Waals surface area contributed by atoms with E-state index in [0.29, 0.717) is 30.3 Å². The quantitative estimate of drug-likeness (QED) is 0.896. The van der Waals surface area contributed by atoms with Gasteiger partial charge in [-0.1, -0.05) is 5.16 Å². The molecule has 19 heavy (non-hydrogen) atoms. The van der Waals surface area contributed by atoms with Gasteiger partial charge in [-0.25, -0.2) is 4.79 Å². The number of carbonyl (C=O) groups excluding carboxylic acids is 1. The summed E-state index contributed by atoms with van der Waals surface area (Å²) >= 11 is 0. The predicted molar refractivity (Wildman–Crippen MR) is 67.9 cm³/mol. The molecule has 0 saturated carbocycles. The van der Waals surface area contributed by atoms with E-state index in [1.807, 2.05) is 0 Å². The summed E-state index contributed by atoms with van der Waals surface area (Å²) in [5, 5.41) is 6.33. The minimum Gasteiger partial charge on any atom is -0.487 e. The molecule has 0 spiro atoms. The SMILES string of the molecule is CCOC(=O)Nc1ccc(OCc2ccon2)cc1. The summed E-state index contributed by atoms with van der Waals surface area (Å²) in [5.41, 5.74) is 1.36. The van der Waals surface area contributed by atoms with Crippen LogP contribution in [0.25, 0.3) is 0 Å². The van der Waals surface area contributed by atoms with Gasteiger partial charge in [0.1, 0.15) is 24.3 Å². The van der Waals surface area contributed by atoms with Crippen molar-refractivity contribution in [3.8, 4) is 5.75 Å². The lowest BCUT2D eigenvalue weighted by atomic mass is 10.3. The molecule has 1 aromatic carbocycles. The summed E-state index contributed by atoms with van der Waals surface area (Å²) in [5.74, 6) is 0.678. The van der Waals surface area contributed by atoms with Crippen molar-refractivity contribution in [3.05, 3.63) is 42.3 Å². The predicted octanol–water partition coefficient (Wildman–Crippen LogP) is 2.82. The Balaban J connectivity index is 1.85. The second-order valence-corrected chi connectivity index (χ2v) is 3.65. The molecule has 0 fully saturated rings. The van der Waals surface area contributed by atoms with E-state index in [1.54, 1.807) is 37.3 Å². The molecule has 0 bridgehead atoms. The lowest BCUT2D eigenvalue weighted by molar-refractivity contribution is 0.168. The lowest BCUT2D eigenvalue weighted by Gasteiger charge is -2.07. The fraction of sp³-hybridized carbons (Fsp3) is 0.231. The number of aromatic nitrogens is 1. The Bertz CT molecular complexity index is 508. The number of carbonyl (C=O) groups is 1. The minimum absolute atomic E-state index is 0.334. The van der Waals surface area contributed by atoms with Gasteiger partial charge < -0.3 is 14.0 Å². The normalized spacial score (nSPS) is 9.95. The molecule has 0 aliphatic rings. The highest BCUT2D eigenvalue weighted by atomic mass is 16.5. The van der Waals surface area contributed by atoms with E-state index >= 15 is 0 Å². The second-order valence-electron chi connectivity index (χ2n) is 3.65. The number of nitrogens with one attached hydrogen (secondary N) is 1. The highest BCUT2D eigenvalue weighted by molar-refractivity contribution is 5.84. The number of benzene rings is 1. The van der Waals surface area contributed by atoms with Gasteiger partial charge in [0, 0.05) is 11.8 Å². The Labute approximate surface area is 110 Å². The Morgan fingerprint density at radius 3 is 2.74 bits per heavy atom. The molecular weight excluding hydrogens is 248 g/mol. The molecule has 0 aliphatic carbocycles.